The SMILES string of the molecule is O=C1NCCC[C@@H]1NS(=O)(=O)c1ccc(F)cc1F. The zero-order valence-electron chi connectivity index (χ0n) is 9.82. The van der Waals surface area contributed by atoms with E-state index in [0.29, 0.717) is 25.5 Å². The second-order valence-electron chi connectivity index (χ2n) is 4.18. The van der Waals surface area contributed by atoms with Gasteiger partial charge in [-0.1, -0.05) is 0 Å². The molecule has 1 heterocycles. The van der Waals surface area contributed by atoms with Crippen LogP contribution < -0.4 is 10.0 Å². The average molecular weight is 290 g/mol. The Bertz CT molecular complexity index is 604. The monoisotopic (exact) mass is 290 g/mol. The van der Waals surface area contributed by atoms with E-state index < -0.39 is 38.5 Å². The topological polar surface area (TPSA) is 75.3 Å². The van der Waals surface area contributed by atoms with Crippen molar-refractivity contribution in [1.82, 2.24) is 10.0 Å². The summed E-state index contributed by atoms with van der Waals surface area (Å²) in [5, 5.41) is 2.51. The Morgan fingerprint density at radius 3 is 2.68 bits per heavy atom. The van der Waals surface area contributed by atoms with Crippen molar-refractivity contribution < 1.29 is 22.0 Å². The number of nitrogens with one attached hydrogen (secondary N) is 2. The van der Waals surface area contributed by atoms with Gasteiger partial charge in [-0.25, -0.2) is 17.2 Å². The molecule has 1 saturated heterocycles. The Balaban J connectivity index is 2.24. The maximum atomic E-state index is 13.4. The van der Waals surface area contributed by atoms with Crippen LogP contribution in [-0.2, 0) is 14.8 Å². The number of halogens is 2. The van der Waals surface area contributed by atoms with Crippen molar-refractivity contribution in [2.24, 2.45) is 0 Å². The number of benzene rings is 1. The standard InChI is InChI=1S/C11H12F2N2O3S/c12-7-3-4-10(8(13)6-7)19(17,18)15-9-2-1-5-14-11(9)16/h3-4,6,9,15H,1-2,5H2,(H,14,16)/t9-/m0/s1. The summed E-state index contributed by atoms with van der Waals surface area (Å²) in [5.74, 6) is -2.51. The highest BCUT2D eigenvalue weighted by Gasteiger charge is 2.29. The Labute approximate surface area is 109 Å². The molecule has 2 N–H and O–H groups in total. The first kappa shape index (κ1) is 13.9. The molecule has 0 saturated carbocycles. The van der Waals surface area contributed by atoms with E-state index in [1.54, 1.807) is 0 Å². The number of hydrogen-bond donors (Lipinski definition) is 2. The third-order valence-electron chi connectivity index (χ3n) is 2.77. The van der Waals surface area contributed by atoms with Crippen molar-refractivity contribution >= 4 is 15.9 Å². The molecule has 1 fully saturated rings. The summed E-state index contributed by atoms with van der Waals surface area (Å²) in [6, 6.07) is 1.23. The first-order chi connectivity index (χ1) is 8.90. The van der Waals surface area contributed by atoms with Crippen LogP contribution in [0.15, 0.2) is 23.1 Å². The van der Waals surface area contributed by atoms with E-state index in [4.69, 9.17) is 0 Å². The van der Waals surface area contributed by atoms with Crippen LogP contribution in [0.1, 0.15) is 12.8 Å². The summed E-state index contributed by atoms with van der Waals surface area (Å²) in [5.41, 5.74) is 0. The molecule has 1 aliphatic heterocycles. The van der Waals surface area contributed by atoms with E-state index in [9.17, 15) is 22.0 Å². The Morgan fingerprint density at radius 1 is 1.32 bits per heavy atom. The molecule has 0 bridgehead atoms. The molecule has 0 radical (unpaired) electrons. The lowest BCUT2D eigenvalue weighted by Gasteiger charge is -2.22. The first-order valence-electron chi connectivity index (χ1n) is 5.65. The third kappa shape index (κ3) is 3.07. The second-order valence-corrected chi connectivity index (χ2v) is 5.86. The summed E-state index contributed by atoms with van der Waals surface area (Å²) in [6.07, 6.45) is 0.971. The fourth-order valence-electron chi connectivity index (χ4n) is 1.83. The number of sulfonamides is 1. The number of carbonyl (C=O) groups excluding carboxylic acids is 1. The Morgan fingerprint density at radius 2 is 2.05 bits per heavy atom. The quantitative estimate of drug-likeness (QED) is 0.852. The molecular formula is C11H12F2N2O3S. The molecule has 5 nitrogen and oxygen atoms in total. The minimum absolute atomic E-state index is 0.341. The Kier molecular flexibility index (Phi) is 3.81. The molecule has 0 unspecified atom stereocenters. The van der Waals surface area contributed by atoms with Crippen molar-refractivity contribution in [3.8, 4) is 0 Å². The normalized spacial score (nSPS) is 20.1. The molecule has 1 aliphatic rings. The van der Waals surface area contributed by atoms with Gasteiger partial charge in [-0.05, 0) is 25.0 Å². The zero-order valence-corrected chi connectivity index (χ0v) is 10.6. The van der Waals surface area contributed by atoms with Gasteiger partial charge < -0.3 is 5.32 Å². The lowest BCUT2D eigenvalue weighted by molar-refractivity contribution is -0.124. The van der Waals surface area contributed by atoms with Crippen LogP contribution in [0.25, 0.3) is 0 Å². The van der Waals surface area contributed by atoms with E-state index in [1.807, 2.05) is 0 Å². The lowest BCUT2D eigenvalue weighted by Crippen LogP contribution is -2.50. The smallest absolute Gasteiger partial charge is 0.244 e. The predicted octanol–water partition coefficient (Wildman–Crippen LogP) is 0.522. The van der Waals surface area contributed by atoms with Crippen LogP contribution in [0.4, 0.5) is 8.78 Å². The highest BCUT2D eigenvalue weighted by Crippen LogP contribution is 2.17. The Hall–Kier alpha value is -1.54. The number of amides is 1. The molecular weight excluding hydrogens is 278 g/mol. The van der Waals surface area contributed by atoms with Crippen molar-refractivity contribution in [3.63, 3.8) is 0 Å². The van der Waals surface area contributed by atoms with Crippen molar-refractivity contribution in [2.45, 2.75) is 23.8 Å². The molecule has 1 amide bonds. The van der Waals surface area contributed by atoms with Crippen LogP contribution in [-0.4, -0.2) is 26.9 Å². The van der Waals surface area contributed by atoms with Gasteiger partial charge >= 0.3 is 0 Å². The summed E-state index contributed by atoms with van der Waals surface area (Å²) in [7, 11) is -4.19. The van der Waals surface area contributed by atoms with Crippen LogP contribution in [0, 0.1) is 11.6 Å². The van der Waals surface area contributed by atoms with Crippen molar-refractivity contribution in [1.29, 1.82) is 0 Å². The minimum atomic E-state index is -4.19. The highest BCUT2D eigenvalue weighted by atomic mass is 32.2. The molecule has 1 atom stereocenters. The first-order valence-corrected chi connectivity index (χ1v) is 7.13. The van der Waals surface area contributed by atoms with Gasteiger partial charge in [-0.15, -0.1) is 0 Å². The maximum Gasteiger partial charge on any atom is 0.244 e. The summed E-state index contributed by atoms with van der Waals surface area (Å²) in [4.78, 5) is 10.8. The van der Waals surface area contributed by atoms with Gasteiger partial charge in [-0.2, -0.15) is 4.72 Å². The van der Waals surface area contributed by atoms with E-state index in [0.717, 1.165) is 12.1 Å². The van der Waals surface area contributed by atoms with E-state index >= 15 is 0 Å². The minimum Gasteiger partial charge on any atom is -0.355 e. The van der Waals surface area contributed by atoms with Crippen LogP contribution in [0.2, 0.25) is 0 Å². The molecule has 1 aromatic carbocycles. The highest BCUT2D eigenvalue weighted by molar-refractivity contribution is 7.89. The second kappa shape index (κ2) is 5.22. The largest absolute Gasteiger partial charge is 0.355 e. The lowest BCUT2D eigenvalue weighted by atomic mass is 10.1. The van der Waals surface area contributed by atoms with Crippen molar-refractivity contribution in [3.05, 3.63) is 29.8 Å². The predicted molar refractivity (Wildman–Crippen MR) is 62.7 cm³/mol. The molecule has 0 aliphatic carbocycles. The van der Waals surface area contributed by atoms with E-state index in [2.05, 4.69) is 10.0 Å². The molecule has 19 heavy (non-hydrogen) atoms. The van der Waals surface area contributed by atoms with Crippen LogP contribution >= 0.6 is 0 Å². The molecule has 1 aromatic rings. The summed E-state index contributed by atoms with van der Waals surface area (Å²) < 4.78 is 52.1. The fraction of sp³-hybridized carbons (Fsp3) is 0.364. The van der Waals surface area contributed by atoms with Gasteiger partial charge in [-0.3, -0.25) is 4.79 Å². The zero-order chi connectivity index (χ0) is 14.0. The van der Waals surface area contributed by atoms with Gasteiger partial charge in [0.25, 0.3) is 0 Å². The van der Waals surface area contributed by atoms with Gasteiger partial charge in [0.1, 0.15) is 22.6 Å². The number of carbonyl (C=O) groups is 1. The van der Waals surface area contributed by atoms with Gasteiger partial charge in [0, 0.05) is 12.6 Å². The molecule has 8 heteroatoms. The summed E-state index contributed by atoms with van der Waals surface area (Å²) in [6.45, 7) is 0.488. The van der Waals surface area contributed by atoms with Gasteiger partial charge in [0.15, 0.2) is 0 Å². The molecule has 0 aromatic heterocycles. The number of piperidine rings is 1. The van der Waals surface area contributed by atoms with E-state index in [-0.39, 0.29) is 0 Å². The average Bonchev–Trinajstić information content (AvgIpc) is 2.31. The van der Waals surface area contributed by atoms with Gasteiger partial charge in [0.05, 0.1) is 0 Å². The number of rotatable bonds is 3. The van der Waals surface area contributed by atoms with Crippen LogP contribution in [0.3, 0.4) is 0 Å². The molecule has 2 rings (SSSR count). The fourth-order valence-corrected chi connectivity index (χ4v) is 3.12. The molecule has 104 valence electrons. The maximum absolute atomic E-state index is 13.4. The third-order valence-corrected chi connectivity index (χ3v) is 4.27. The number of hydrogen-bond acceptors (Lipinski definition) is 3. The molecule has 0 spiro atoms. The van der Waals surface area contributed by atoms with E-state index in [1.165, 1.54) is 0 Å². The summed E-state index contributed by atoms with van der Waals surface area (Å²) >= 11 is 0. The van der Waals surface area contributed by atoms with Gasteiger partial charge in [0.2, 0.25) is 15.9 Å². The van der Waals surface area contributed by atoms with Crippen LogP contribution in [0.5, 0.6) is 0 Å². The van der Waals surface area contributed by atoms with Crippen molar-refractivity contribution in [2.75, 3.05) is 6.54 Å².